The van der Waals surface area contributed by atoms with Gasteiger partial charge in [-0.3, -0.25) is 0 Å². The van der Waals surface area contributed by atoms with E-state index >= 15 is 0 Å². The molecular weight excluding hydrogens is 218 g/mol. The monoisotopic (exact) mass is 243 g/mol. The van der Waals surface area contributed by atoms with Gasteiger partial charge in [0.25, 0.3) is 0 Å². The molecule has 1 heteroatoms. The minimum Gasteiger partial charge on any atom is -0.317 e. The van der Waals surface area contributed by atoms with Crippen LogP contribution in [-0.2, 0) is 19.3 Å². The molecule has 1 aliphatic rings. The predicted molar refractivity (Wildman–Crippen MR) is 79.1 cm³/mol. The van der Waals surface area contributed by atoms with Crippen molar-refractivity contribution in [2.45, 2.75) is 46.0 Å². The van der Waals surface area contributed by atoms with Gasteiger partial charge in [-0.2, -0.15) is 0 Å². The molecule has 0 unspecified atom stereocenters. The highest BCUT2D eigenvalue weighted by atomic mass is 14.8. The van der Waals surface area contributed by atoms with Crippen molar-refractivity contribution < 1.29 is 0 Å². The van der Waals surface area contributed by atoms with Crippen molar-refractivity contribution in [3.05, 3.63) is 46.5 Å². The fraction of sp³-hybridized carbons (Fsp3) is 0.529. The molecule has 1 N–H and O–H groups in total. The second-order valence-corrected chi connectivity index (χ2v) is 5.33. The van der Waals surface area contributed by atoms with E-state index in [9.17, 15) is 0 Å². The van der Waals surface area contributed by atoms with Crippen molar-refractivity contribution in [1.82, 2.24) is 5.32 Å². The number of hydrogen-bond acceptors (Lipinski definition) is 1. The van der Waals surface area contributed by atoms with Gasteiger partial charge in [0, 0.05) is 0 Å². The van der Waals surface area contributed by atoms with Gasteiger partial charge >= 0.3 is 0 Å². The lowest BCUT2D eigenvalue weighted by atomic mass is 10.0. The second kappa shape index (κ2) is 6.75. The van der Waals surface area contributed by atoms with E-state index in [1.54, 1.807) is 11.1 Å². The summed E-state index contributed by atoms with van der Waals surface area (Å²) in [5.41, 5.74) is 6.14. The maximum atomic E-state index is 3.36. The summed E-state index contributed by atoms with van der Waals surface area (Å²) in [5, 5.41) is 3.36. The first-order valence-corrected chi connectivity index (χ1v) is 7.26. The molecule has 0 atom stereocenters. The Morgan fingerprint density at radius 3 is 2.94 bits per heavy atom. The van der Waals surface area contributed by atoms with Gasteiger partial charge in [-0.05, 0) is 68.8 Å². The van der Waals surface area contributed by atoms with Gasteiger partial charge < -0.3 is 5.32 Å². The topological polar surface area (TPSA) is 12.0 Å². The van der Waals surface area contributed by atoms with Crippen LogP contribution in [0, 0.1) is 0 Å². The van der Waals surface area contributed by atoms with Crippen LogP contribution in [0.15, 0.2) is 29.8 Å². The van der Waals surface area contributed by atoms with E-state index in [1.807, 2.05) is 0 Å². The molecule has 98 valence electrons. The van der Waals surface area contributed by atoms with Gasteiger partial charge in [-0.15, -0.1) is 0 Å². The van der Waals surface area contributed by atoms with Crippen molar-refractivity contribution in [2.24, 2.45) is 0 Å². The molecular formula is C17H25N. The minimum atomic E-state index is 1.07. The van der Waals surface area contributed by atoms with E-state index < -0.39 is 0 Å². The molecule has 18 heavy (non-hydrogen) atoms. The van der Waals surface area contributed by atoms with E-state index in [-0.39, 0.29) is 0 Å². The smallest absolute Gasteiger partial charge is 0.00143 e. The highest BCUT2D eigenvalue weighted by molar-refractivity contribution is 5.36. The van der Waals surface area contributed by atoms with Crippen molar-refractivity contribution in [2.75, 3.05) is 13.1 Å². The molecule has 0 spiro atoms. The number of rotatable bonds is 6. The van der Waals surface area contributed by atoms with Gasteiger partial charge in [-0.25, -0.2) is 0 Å². The molecule has 0 saturated heterocycles. The number of benzene rings is 1. The molecule has 1 nitrogen and oxygen atoms in total. The Balaban J connectivity index is 1.88. The molecule has 0 bridgehead atoms. The number of aryl methyl sites for hydroxylation is 2. The molecule has 0 radical (unpaired) electrons. The van der Waals surface area contributed by atoms with Gasteiger partial charge in [0.05, 0.1) is 0 Å². The van der Waals surface area contributed by atoms with Gasteiger partial charge in [0.15, 0.2) is 0 Å². The number of allylic oxidation sites excluding steroid dienone is 1. The molecule has 0 amide bonds. The summed E-state index contributed by atoms with van der Waals surface area (Å²) >= 11 is 0. The lowest BCUT2D eigenvalue weighted by Gasteiger charge is -2.06. The molecule has 1 aromatic carbocycles. The average Bonchev–Trinajstić information content (AvgIpc) is 2.82. The van der Waals surface area contributed by atoms with Crippen molar-refractivity contribution in [3.63, 3.8) is 0 Å². The highest BCUT2D eigenvalue weighted by Crippen LogP contribution is 2.23. The molecule has 2 rings (SSSR count). The highest BCUT2D eigenvalue weighted by Gasteiger charge is 2.10. The van der Waals surface area contributed by atoms with E-state index in [2.05, 4.69) is 43.4 Å². The first kappa shape index (κ1) is 13.4. The summed E-state index contributed by atoms with van der Waals surface area (Å²) in [7, 11) is 0. The third-order valence-corrected chi connectivity index (χ3v) is 3.71. The summed E-state index contributed by atoms with van der Waals surface area (Å²) in [6.07, 6.45) is 8.54. The zero-order valence-corrected chi connectivity index (χ0v) is 11.8. The largest absolute Gasteiger partial charge is 0.317 e. The quantitative estimate of drug-likeness (QED) is 0.594. The Morgan fingerprint density at radius 1 is 1.28 bits per heavy atom. The summed E-state index contributed by atoms with van der Waals surface area (Å²) in [6, 6.07) is 7.07. The molecule has 0 heterocycles. The van der Waals surface area contributed by atoms with E-state index in [0.29, 0.717) is 0 Å². The summed E-state index contributed by atoms with van der Waals surface area (Å²) in [6.45, 7) is 6.57. The number of hydrogen-bond donors (Lipinski definition) is 1. The fourth-order valence-corrected chi connectivity index (χ4v) is 2.73. The molecule has 0 fully saturated rings. The van der Waals surface area contributed by atoms with Gasteiger partial charge in [0.1, 0.15) is 0 Å². The Kier molecular flexibility index (Phi) is 5.00. The number of nitrogens with one attached hydrogen (secondary N) is 1. The van der Waals surface area contributed by atoms with E-state index in [1.165, 1.54) is 30.4 Å². The van der Waals surface area contributed by atoms with Crippen LogP contribution in [0.25, 0.3) is 0 Å². The number of fused-ring (bicyclic) bond motifs is 1. The Morgan fingerprint density at radius 2 is 2.11 bits per heavy atom. The summed E-state index contributed by atoms with van der Waals surface area (Å²) in [5.74, 6) is 0. The summed E-state index contributed by atoms with van der Waals surface area (Å²) in [4.78, 5) is 0. The van der Waals surface area contributed by atoms with Crippen LogP contribution >= 0.6 is 0 Å². The molecule has 1 aromatic rings. The standard InChI is InChI=1S/C17H25N/c1-3-18-11-5-6-14(2)12-15-9-10-16-7-4-8-17(16)13-15/h6,9-10,13,18H,3-5,7-8,11-12H2,1-2H3. The first-order valence-electron chi connectivity index (χ1n) is 7.26. The maximum absolute atomic E-state index is 3.36. The summed E-state index contributed by atoms with van der Waals surface area (Å²) < 4.78 is 0. The van der Waals surface area contributed by atoms with Crippen molar-refractivity contribution in [1.29, 1.82) is 0 Å². The zero-order chi connectivity index (χ0) is 12.8. The van der Waals surface area contributed by atoms with Crippen LogP contribution < -0.4 is 5.32 Å². The van der Waals surface area contributed by atoms with Gasteiger partial charge in [-0.1, -0.05) is 36.8 Å². The first-order chi connectivity index (χ1) is 8.79. The minimum absolute atomic E-state index is 1.07. The van der Waals surface area contributed by atoms with E-state index in [4.69, 9.17) is 0 Å². The van der Waals surface area contributed by atoms with Crippen molar-refractivity contribution in [3.8, 4) is 0 Å². The van der Waals surface area contributed by atoms with Gasteiger partial charge in [0.2, 0.25) is 0 Å². The zero-order valence-electron chi connectivity index (χ0n) is 11.8. The Bertz CT molecular complexity index is 418. The van der Waals surface area contributed by atoms with Crippen LogP contribution in [0.3, 0.4) is 0 Å². The molecule has 1 aliphatic carbocycles. The molecule has 0 aliphatic heterocycles. The SMILES string of the molecule is CCNCCC=C(C)Cc1ccc2c(c1)CCC2. The third kappa shape index (κ3) is 3.71. The maximum Gasteiger partial charge on any atom is -0.00143 e. The second-order valence-electron chi connectivity index (χ2n) is 5.33. The molecule has 0 aromatic heterocycles. The normalized spacial score (nSPS) is 14.9. The Labute approximate surface area is 111 Å². The fourth-order valence-electron chi connectivity index (χ4n) is 2.73. The third-order valence-electron chi connectivity index (χ3n) is 3.71. The lowest BCUT2D eigenvalue weighted by molar-refractivity contribution is 0.724. The molecule has 0 saturated carbocycles. The average molecular weight is 243 g/mol. The van der Waals surface area contributed by atoms with Crippen molar-refractivity contribution >= 4 is 0 Å². The van der Waals surface area contributed by atoms with E-state index in [0.717, 1.165) is 25.9 Å². The lowest BCUT2D eigenvalue weighted by Crippen LogP contribution is -2.13. The van der Waals surface area contributed by atoms with Crippen LogP contribution in [0.4, 0.5) is 0 Å². The predicted octanol–water partition coefficient (Wildman–Crippen LogP) is 3.66. The van der Waals surface area contributed by atoms with Crippen LogP contribution in [0.1, 0.15) is 43.4 Å². The van der Waals surface area contributed by atoms with Crippen LogP contribution in [-0.4, -0.2) is 13.1 Å². The Hall–Kier alpha value is -1.08. The van der Waals surface area contributed by atoms with Crippen LogP contribution in [0.2, 0.25) is 0 Å². The van der Waals surface area contributed by atoms with Crippen LogP contribution in [0.5, 0.6) is 0 Å².